The Kier molecular flexibility index (Phi) is 7.21. The summed E-state index contributed by atoms with van der Waals surface area (Å²) in [5, 5.41) is 11.9. The lowest BCUT2D eigenvalue weighted by molar-refractivity contribution is -0.124. The van der Waals surface area contributed by atoms with E-state index in [9.17, 15) is 19.5 Å². The molecule has 0 bridgehead atoms. The number of benzene rings is 2. The summed E-state index contributed by atoms with van der Waals surface area (Å²) >= 11 is 0.875. The number of nitrogens with one attached hydrogen (secondary N) is 1. The molecule has 2 aromatic rings. The molecule has 7 heteroatoms. The molecule has 1 aliphatic rings. The first-order chi connectivity index (χ1) is 14.1. The van der Waals surface area contributed by atoms with E-state index in [1.165, 1.54) is 0 Å². The highest BCUT2D eigenvalue weighted by molar-refractivity contribution is 8.18. The van der Waals surface area contributed by atoms with Crippen molar-refractivity contribution in [3.63, 3.8) is 0 Å². The van der Waals surface area contributed by atoms with Crippen LogP contribution in [0.5, 0.6) is 0 Å². The lowest BCUT2D eigenvalue weighted by Gasteiger charge is -2.18. The average molecular weight is 410 g/mol. The Balaban J connectivity index is 1.53. The van der Waals surface area contributed by atoms with Crippen molar-refractivity contribution in [1.29, 1.82) is 0 Å². The van der Waals surface area contributed by atoms with Crippen molar-refractivity contribution in [2.24, 2.45) is 0 Å². The summed E-state index contributed by atoms with van der Waals surface area (Å²) in [7, 11) is 0. The normalized spacial score (nSPS) is 16.3. The molecule has 0 radical (unpaired) electrons. The number of nitrogens with zero attached hydrogens (tertiary/aromatic N) is 1. The zero-order valence-electron chi connectivity index (χ0n) is 15.8. The SMILES string of the molecule is O=C(CCN1C(=O)S/C(=C\c2ccccc2)C1=O)N[C@@H](CO)Cc1ccccc1. The summed E-state index contributed by atoms with van der Waals surface area (Å²) in [6, 6.07) is 18.4. The zero-order valence-corrected chi connectivity index (χ0v) is 16.6. The third-order valence-electron chi connectivity index (χ3n) is 4.44. The number of aliphatic hydroxyl groups excluding tert-OH is 1. The fourth-order valence-electron chi connectivity index (χ4n) is 2.97. The fourth-order valence-corrected chi connectivity index (χ4v) is 3.83. The van der Waals surface area contributed by atoms with E-state index in [1.54, 1.807) is 6.08 Å². The van der Waals surface area contributed by atoms with Crippen LogP contribution in [-0.4, -0.2) is 46.3 Å². The van der Waals surface area contributed by atoms with Gasteiger partial charge in [-0.05, 0) is 35.4 Å². The van der Waals surface area contributed by atoms with Gasteiger partial charge in [-0.1, -0.05) is 60.7 Å². The number of thioether (sulfide) groups is 1. The number of rotatable bonds is 8. The minimum Gasteiger partial charge on any atom is -0.394 e. The summed E-state index contributed by atoms with van der Waals surface area (Å²) in [5.74, 6) is -0.703. The van der Waals surface area contributed by atoms with Crippen molar-refractivity contribution < 1.29 is 19.5 Å². The highest BCUT2D eigenvalue weighted by atomic mass is 32.2. The summed E-state index contributed by atoms with van der Waals surface area (Å²) in [6.45, 7) is -0.186. The van der Waals surface area contributed by atoms with Gasteiger partial charge in [0.25, 0.3) is 11.1 Å². The number of imide groups is 1. The summed E-state index contributed by atoms with van der Waals surface area (Å²) < 4.78 is 0. The molecule has 3 amide bonds. The first-order valence-electron chi connectivity index (χ1n) is 9.31. The van der Waals surface area contributed by atoms with Crippen LogP contribution >= 0.6 is 11.8 Å². The van der Waals surface area contributed by atoms with Crippen LogP contribution in [0.15, 0.2) is 65.6 Å². The van der Waals surface area contributed by atoms with Crippen LogP contribution < -0.4 is 5.32 Å². The largest absolute Gasteiger partial charge is 0.394 e. The van der Waals surface area contributed by atoms with Gasteiger partial charge in [-0.15, -0.1) is 0 Å². The molecule has 0 spiro atoms. The third-order valence-corrected chi connectivity index (χ3v) is 5.35. The van der Waals surface area contributed by atoms with Gasteiger partial charge in [-0.2, -0.15) is 0 Å². The van der Waals surface area contributed by atoms with Gasteiger partial charge >= 0.3 is 0 Å². The molecule has 2 N–H and O–H groups in total. The summed E-state index contributed by atoms with van der Waals surface area (Å²) in [4.78, 5) is 38.4. The zero-order chi connectivity index (χ0) is 20.6. The maximum absolute atomic E-state index is 12.5. The molecule has 29 heavy (non-hydrogen) atoms. The molecule has 1 heterocycles. The molecule has 3 rings (SSSR count). The molecular weight excluding hydrogens is 388 g/mol. The monoisotopic (exact) mass is 410 g/mol. The topological polar surface area (TPSA) is 86.7 Å². The Hall–Kier alpha value is -2.90. The van der Waals surface area contributed by atoms with Gasteiger partial charge < -0.3 is 10.4 Å². The maximum Gasteiger partial charge on any atom is 0.293 e. The predicted octanol–water partition coefficient (Wildman–Crippen LogP) is 2.83. The van der Waals surface area contributed by atoms with Crippen molar-refractivity contribution in [1.82, 2.24) is 10.2 Å². The van der Waals surface area contributed by atoms with Crippen molar-refractivity contribution in [3.05, 3.63) is 76.7 Å². The van der Waals surface area contributed by atoms with Crippen LogP contribution in [0.3, 0.4) is 0 Å². The van der Waals surface area contributed by atoms with E-state index in [-0.39, 0.29) is 36.6 Å². The van der Waals surface area contributed by atoms with E-state index in [4.69, 9.17) is 0 Å². The molecule has 1 aliphatic heterocycles. The molecule has 0 unspecified atom stereocenters. The van der Waals surface area contributed by atoms with Crippen LogP contribution in [0.25, 0.3) is 6.08 Å². The van der Waals surface area contributed by atoms with Crippen LogP contribution in [-0.2, 0) is 16.0 Å². The molecule has 0 aromatic heterocycles. The first-order valence-corrected chi connectivity index (χ1v) is 10.1. The van der Waals surface area contributed by atoms with Gasteiger partial charge in [0.2, 0.25) is 5.91 Å². The van der Waals surface area contributed by atoms with Crippen LogP contribution in [0.1, 0.15) is 17.5 Å². The molecule has 2 aromatic carbocycles. The average Bonchev–Trinajstić information content (AvgIpc) is 3.00. The predicted molar refractivity (Wildman–Crippen MR) is 113 cm³/mol. The van der Waals surface area contributed by atoms with Gasteiger partial charge in [-0.3, -0.25) is 19.3 Å². The third kappa shape index (κ3) is 5.79. The lowest BCUT2D eigenvalue weighted by Crippen LogP contribution is -2.41. The van der Waals surface area contributed by atoms with E-state index in [2.05, 4.69) is 5.32 Å². The second-order valence-corrected chi connectivity index (χ2v) is 7.62. The Labute approximate surface area is 173 Å². The Morgan fingerprint density at radius 1 is 1.07 bits per heavy atom. The Bertz CT molecular complexity index is 900. The number of carbonyl (C=O) groups excluding carboxylic acids is 3. The van der Waals surface area contributed by atoms with Gasteiger partial charge in [0, 0.05) is 13.0 Å². The maximum atomic E-state index is 12.5. The summed E-state index contributed by atoms with van der Waals surface area (Å²) in [5.41, 5.74) is 1.84. The smallest absolute Gasteiger partial charge is 0.293 e. The van der Waals surface area contributed by atoms with Crippen LogP contribution in [0.4, 0.5) is 4.79 Å². The first kappa shape index (κ1) is 20.8. The van der Waals surface area contributed by atoms with Crippen molar-refractivity contribution in [2.45, 2.75) is 18.9 Å². The quantitative estimate of drug-likeness (QED) is 0.654. The molecule has 0 saturated carbocycles. The molecule has 1 saturated heterocycles. The Morgan fingerprint density at radius 3 is 2.38 bits per heavy atom. The van der Waals surface area contributed by atoms with E-state index >= 15 is 0 Å². The van der Waals surface area contributed by atoms with Gasteiger partial charge in [0.05, 0.1) is 17.6 Å². The molecular formula is C22H22N2O4S. The molecule has 1 fully saturated rings. The highest BCUT2D eigenvalue weighted by Crippen LogP contribution is 2.32. The van der Waals surface area contributed by atoms with Gasteiger partial charge in [0.1, 0.15) is 0 Å². The molecule has 6 nitrogen and oxygen atoms in total. The van der Waals surface area contributed by atoms with Crippen molar-refractivity contribution in [2.75, 3.05) is 13.2 Å². The van der Waals surface area contributed by atoms with Crippen LogP contribution in [0, 0.1) is 0 Å². The van der Waals surface area contributed by atoms with E-state index in [0.29, 0.717) is 11.3 Å². The summed E-state index contributed by atoms with van der Waals surface area (Å²) in [6.07, 6.45) is 2.17. The lowest BCUT2D eigenvalue weighted by atomic mass is 10.1. The Morgan fingerprint density at radius 2 is 1.72 bits per heavy atom. The fraction of sp³-hybridized carbons (Fsp3) is 0.227. The molecule has 0 aliphatic carbocycles. The number of aliphatic hydroxyl groups is 1. The second-order valence-electron chi connectivity index (χ2n) is 6.63. The van der Waals surface area contributed by atoms with Gasteiger partial charge in [-0.25, -0.2) is 0 Å². The van der Waals surface area contributed by atoms with E-state index < -0.39 is 6.04 Å². The minimum absolute atomic E-state index is 0.00607. The van der Waals surface area contributed by atoms with Crippen molar-refractivity contribution >= 4 is 34.9 Å². The second kappa shape index (κ2) is 10.0. The highest BCUT2D eigenvalue weighted by Gasteiger charge is 2.35. The van der Waals surface area contributed by atoms with Crippen molar-refractivity contribution in [3.8, 4) is 0 Å². The van der Waals surface area contributed by atoms with E-state index in [0.717, 1.165) is 27.8 Å². The van der Waals surface area contributed by atoms with Gasteiger partial charge in [0.15, 0.2) is 0 Å². The van der Waals surface area contributed by atoms with Crippen LogP contribution in [0.2, 0.25) is 0 Å². The number of amides is 3. The molecule has 1 atom stereocenters. The molecule has 150 valence electrons. The van der Waals surface area contributed by atoms with E-state index in [1.807, 2.05) is 60.7 Å². The number of hydrogen-bond donors (Lipinski definition) is 2. The standard InChI is InChI=1S/C22H22N2O4S/c25-15-18(13-16-7-3-1-4-8-16)23-20(26)11-12-24-21(27)19(29-22(24)28)14-17-9-5-2-6-10-17/h1-10,14,18,25H,11-13,15H2,(H,23,26)/b19-14-/t18-/m1/s1. The number of hydrogen-bond acceptors (Lipinski definition) is 5. The minimum atomic E-state index is -0.419. The number of carbonyl (C=O) groups is 3.